The Bertz CT molecular complexity index is 447. The highest BCUT2D eigenvalue weighted by molar-refractivity contribution is 5.89. The summed E-state index contributed by atoms with van der Waals surface area (Å²) in [7, 11) is 0. The van der Waals surface area contributed by atoms with Gasteiger partial charge >= 0.3 is 0 Å². The molecule has 0 aromatic heterocycles. The van der Waals surface area contributed by atoms with Crippen LogP contribution in [0.15, 0.2) is 18.2 Å². The number of rotatable bonds is 5. The molecule has 1 heterocycles. The van der Waals surface area contributed by atoms with Gasteiger partial charge in [0.15, 0.2) is 5.78 Å². The molecule has 1 saturated heterocycles. The van der Waals surface area contributed by atoms with Crippen molar-refractivity contribution in [1.29, 1.82) is 0 Å². The summed E-state index contributed by atoms with van der Waals surface area (Å²) in [5.41, 5.74) is 2.86. The van der Waals surface area contributed by atoms with E-state index in [9.17, 15) is 4.79 Å². The van der Waals surface area contributed by atoms with Gasteiger partial charge in [0.2, 0.25) is 0 Å². The zero-order valence-corrected chi connectivity index (χ0v) is 12.7. The van der Waals surface area contributed by atoms with Crippen LogP contribution in [0.1, 0.15) is 36.5 Å². The minimum atomic E-state index is -0.637. The quantitative estimate of drug-likeness (QED) is 0.829. The van der Waals surface area contributed by atoms with Crippen LogP contribution in [0.25, 0.3) is 0 Å². The SMILES string of the molecule is CCOC1(C(=O)Cc2c(C)cccc2C)CCOCC1. The second-order valence-corrected chi connectivity index (χ2v) is 5.51. The molecular weight excluding hydrogens is 252 g/mol. The van der Waals surface area contributed by atoms with E-state index < -0.39 is 5.60 Å². The third-order valence-electron chi connectivity index (χ3n) is 4.21. The van der Waals surface area contributed by atoms with E-state index >= 15 is 0 Å². The van der Waals surface area contributed by atoms with Crippen LogP contribution in [0, 0.1) is 13.8 Å². The Kier molecular flexibility index (Phi) is 4.95. The number of benzene rings is 1. The topological polar surface area (TPSA) is 35.5 Å². The molecule has 0 radical (unpaired) electrons. The third kappa shape index (κ3) is 3.10. The maximum Gasteiger partial charge on any atom is 0.169 e. The molecule has 0 amide bonds. The molecule has 1 aliphatic heterocycles. The standard InChI is InChI=1S/C17H24O3/c1-4-20-17(8-10-19-11-9-17)16(18)12-15-13(2)6-5-7-14(15)3/h5-7H,4,8-12H2,1-3H3. The molecule has 0 unspecified atom stereocenters. The van der Waals surface area contributed by atoms with Gasteiger partial charge in [-0.25, -0.2) is 0 Å². The number of ketones is 1. The molecule has 1 fully saturated rings. The first-order chi connectivity index (χ1) is 9.59. The summed E-state index contributed by atoms with van der Waals surface area (Å²) in [4.78, 5) is 12.8. The average Bonchev–Trinajstić information content (AvgIpc) is 2.44. The summed E-state index contributed by atoms with van der Waals surface area (Å²) < 4.78 is 11.2. The lowest BCUT2D eigenvalue weighted by atomic mass is 9.84. The van der Waals surface area contributed by atoms with Crippen LogP contribution in [0.4, 0.5) is 0 Å². The molecule has 0 bridgehead atoms. The second-order valence-electron chi connectivity index (χ2n) is 5.51. The molecule has 1 aromatic rings. The van der Waals surface area contributed by atoms with Crippen molar-refractivity contribution < 1.29 is 14.3 Å². The number of aryl methyl sites for hydroxylation is 2. The average molecular weight is 276 g/mol. The molecule has 0 spiro atoms. The van der Waals surface area contributed by atoms with Crippen LogP contribution < -0.4 is 0 Å². The highest BCUT2D eigenvalue weighted by Gasteiger charge is 2.40. The third-order valence-corrected chi connectivity index (χ3v) is 4.21. The van der Waals surface area contributed by atoms with Gasteiger partial charge in [-0.15, -0.1) is 0 Å². The number of carbonyl (C=O) groups is 1. The Balaban J connectivity index is 2.20. The predicted octanol–water partition coefficient (Wildman–Crippen LogP) is 3.00. The zero-order chi connectivity index (χ0) is 14.6. The van der Waals surface area contributed by atoms with E-state index in [-0.39, 0.29) is 5.78 Å². The number of Topliss-reactive ketones (excluding diaryl/α,β-unsaturated/α-hetero) is 1. The molecule has 1 aromatic carbocycles. The molecule has 0 N–H and O–H groups in total. The van der Waals surface area contributed by atoms with Crippen LogP contribution in [-0.4, -0.2) is 31.2 Å². The van der Waals surface area contributed by atoms with Crippen LogP contribution in [0.5, 0.6) is 0 Å². The van der Waals surface area contributed by atoms with Crippen LogP contribution in [-0.2, 0) is 20.7 Å². The lowest BCUT2D eigenvalue weighted by Crippen LogP contribution is -2.47. The molecule has 3 heteroatoms. The van der Waals surface area contributed by atoms with Gasteiger partial charge in [0.1, 0.15) is 5.60 Å². The summed E-state index contributed by atoms with van der Waals surface area (Å²) in [6.07, 6.45) is 1.80. The minimum absolute atomic E-state index is 0.194. The molecule has 2 rings (SSSR count). The van der Waals surface area contributed by atoms with Crippen LogP contribution in [0.3, 0.4) is 0 Å². The molecule has 1 aliphatic rings. The van der Waals surface area contributed by atoms with E-state index in [4.69, 9.17) is 9.47 Å². The van der Waals surface area contributed by atoms with Crippen molar-refractivity contribution in [2.45, 2.75) is 45.6 Å². The molecule has 0 atom stereocenters. The van der Waals surface area contributed by atoms with Crippen LogP contribution in [0.2, 0.25) is 0 Å². The predicted molar refractivity (Wildman–Crippen MR) is 79.0 cm³/mol. The maximum atomic E-state index is 12.8. The van der Waals surface area contributed by atoms with Crippen molar-refractivity contribution in [3.63, 3.8) is 0 Å². The number of hydrogen-bond donors (Lipinski definition) is 0. The van der Waals surface area contributed by atoms with E-state index in [2.05, 4.69) is 26.0 Å². The lowest BCUT2D eigenvalue weighted by Gasteiger charge is -2.35. The van der Waals surface area contributed by atoms with Gasteiger partial charge in [-0.3, -0.25) is 4.79 Å². The van der Waals surface area contributed by atoms with Gasteiger partial charge in [-0.1, -0.05) is 18.2 Å². The van der Waals surface area contributed by atoms with E-state index in [0.717, 1.165) is 5.56 Å². The van der Waals surface area contributed by atoms with E-state index in [1.54, 1.807) is 0 Å². The van der Waals surface area contributed by atoms with Gasteiger partial charge < -0.3 is 9.47 Å². The molecular formula is C17H24O3. The zero-order valence-electron chi connectivity index (χ0n) is 12.7. The second kappa shape index (κ2) is 6.51. The van der Waals surface area contributed by atoms with Crippen LogP contribution >= 0.6 is 0 Å². The molecule has 0 saturated carbocycles. The lowest BCUT2D eigenvalue weighted by molar-refractivity contribution is -0.156. The molecule has 3 nitrogen and oxygen atoms in total. The molecule has 110 valence electrons. The fourth-order valence-electron chi connectivity index (χ4n) is 2.93. The smallest absolute Gasteiger partial charge is 0.169 e. The van der Waals surface area contributed by atoms with E-state index in [1.165, 1.54) is 11.1 Å². The van der Waals surface area contributed by atoms with Gasteiger partial charge in [0.05, 0.1) is 0 Å². The maximum absolute atomic E-state index is 12.8. The summed E-state index contributed by atoms with van der Waals surface area (Å²) in [5.74, 6) is 0.194. The summed E-state index contributed by atoms with van der Waals surface area (Å²) >= 11 is 0. The summed E-state index contributed by atoms with van der Waals surface area (Å²) in [5, 5.41) is 0. The Hall–Kier alpha value is -1.19. The Morgan fingerprint density at radius 2 is 1.85 bits per heavy atom. The first kappa shape index (κ1) is 15.2. The minimum Gasteiger partial charge on any atom is -0.381 e. The van der Waals surface area contributed by atoms with Gasteiger partial charge in [0.25, 0.3) is 0 Å². The first-order valence-corrected chi connectivity index (χ1v) is 7.39. The largest absolute Gasteiger partial charge is 0.381 e. The Morgan fingerprint density at radius 3 is 2.40 bits per heavy atom. The number of ether oxygens (including phenoxy) is 2. The van der Waals surface area contributed by atoms with Crippen molar-refractivity contribution in [3.05, 3.63) is 34.9 Å². The van der Waals surface area contributed by atoms with E-state index in [1.807, 2.05) is 13.0 Å². The fraction of sp³-hybridized carbons (Fsp3) is 0.588. The van der Waals surface area contributed by atoms with E-state index in [0.29, 0.717) is 39.1 Å². The van der Waals surface area contributed by atoms with Gasteiger partial charge in [0, 0.05) is 39.1 Å². The number of hydrogen-bond acceptors (Lipinski definition) is 3. The van der Waals surface area contributed by atoms with Gasteiger partial charge in [-0.2, -0.15) is 0 Å². The summed E-state index contributed by atoms with van der Waals surface area (Å²) in [6.45, 7) is 7.86. The highest BCUT2D eigenvalue weighted by atomic mass is 16.5. The highest BCUT2D eigenvalue weighted by Crippen LogP contribution is 2.29. The van der Waals surface area contributed by atoms with Crippen molar-refractivity contribution in [3.8, 4) is 0 Å². The Labute approximate surface area is 121 Å². The van der Waals surface area contributed by atoms with Crippen molar-refractivity contribution >= 4 is 5.78 Å². The monoisotopic (exact) mass is 276 g/mol. The Morgan fingerprint density at radius 1 is 1.25 bits per heavy atom. The normalized spacial score (nSPS) is 17.9. The summed E-state index contributed by atoms with van der Waals surface area (Å²) in [6, 6.07) is 6.16. The van der Waals surface area contributed by atoms with Crippen molar-refractivity contribution in [1.82, 2.24) is 0 Å². The molecule has 0 aliphatic carbocycles. The molecule has 20 heavy (non-hydrogen) atoms. The van der Waals surface area contributed by atoms with Gasteiger partial charge in [-0.05, 0) is 37.5 Å². The van der Waals surface area contributed by atoms with Crippen molar-refractivity contribution in [2.75, 3.05) is 19.8 Å². The first-order valence-electron chi connectivity index (χ1n) is 7.39. The van der Waals surface area contributed by atoms with Crippen molar-refractivity contribution in [2.24, 2.45) is 0 Å². The fourth-order valence-corrected chi connectivity index (χ4v) is 2.93. The number of carbonyl (C=O) groups excluding carboxylic acids is 1.